The van der Waals surface area contributed by atoms with Crippen LogP contribution in [0.4, 0.5) is 5.95 Å². The van der Waals surface area contributed by atoms with Crippen molar-refractivity contribution in [2.24, 2.45) is 7.05 Å². The van der Waals surface area contributed by atoms with Crippen molar-refractivity contribution in [3.63, 3.8) is 0 Å². The third kappa shape index (κ3) is 2.18. The van der Waals surface area contributed by atoms with Gasteiger partial charge in [0.15, 0.2) is 0 Å². The van der Waals surface area contributed by atoms with Gasteiger partial charge < -0.3 is 14.4 Å². The fraction of sp³-hybridized carbons (Fsp3) is 0.400. The van der Waals surface area contributed by atoms with E-state index in [1.807, 2.05) is 37.7 Å². The van der Waals surface area contributed by atoms with Crippen molar-refractivity contribution >= 4 is 5.95 Å². The molecule has 0 aliphatic rings. The van der Waals surface area contributed by atoms with Gasteiger partial charge in [-0.3, -0.25) is 0 Å². The summed E-state index contributed by atoms with van der Waals surface area (Å²) in [6, 6.07) is 1.91. The minimum Gasteiger partial charge on any atom is -0.361 e. The first-order chi connectivity index (χ1) is 7.15. The van der Waals surface area contributed by atoms with Gasteiger partial charge in [-0.25, -0.2) is 4.98 Å². The van der Waals surface area contributed by atoms with Crippen molar-refractivity contribution in [1.29, 1.82) is 0 Å². The van der Waals surface area contributed by atoms with Crippen LogP contribution >= 0.6 is 0 Å². The lowest BCUT2D eigenvalue weighted by molar-refractivity contribution is 0.391. The summed E-state index contributed by atoms with van der Waals surface area (Å²) in [5, 5.41) is 7.09. The van der Waals surface area contributed by atoms with Crippen LogP contribution in [0.25, 0.3) is 0 Å². The van der Waals surface area contributed by atoms with Gasteiger partial charge >= 0.3 is 0 Å². The quantitative estimate of drug-likeness (QED) is 0.829. The van der Waals surface area contributed by atoms with E-state index in [-0.39, 0.29) is 0 Å². The van der Waals surface area contributed by atoms with Crippen LogP contribution in [0.2, 0.25) is 0 Å². The molecule has 2 aromatic rings. The lowest BCUT2D eigenvalue weighted by Gasteiger charge is -2.02. The minimum absolute atomic E-state index is 0.627. The number of aryl methyl sites for hydroxylation is 3. The molecule has 0 amide bonds. The Bertz CT molecular complexity index is 458. The molecule has 0 aromatic carbocycles. The molecule has 2 heterocycles. The highest BCUT2D eigenvalue weighted by Gasteiger charge is 2.03. The standard InChI is InChI=1S/C10H14N4O/c1-7-6-14(3)10(12-7)11-5-9-4-8(2)15-13-9/h4,6H,5H2,1-3H3,(H,11,12). The molecule has 0 bridgehead atoms. The number of hydrogen-bond acceptors (Lipinski definition) is 4. The number of anilines is 1. The van der Waals surface area contributed by atoms with Gasteiger partial charge in [0.1, 0.15) is 11.5 Å². The summed E-state index contributed by atoms with van der Waals surface area (Å²) in [5.74, 6) is 1.66. The lowest BCUT2D eigenvalue weighted by atomic mass is 10.4. The van der Waals surface area contributed by atoms with Crippen LogP contribution in [-0.4, -0.2) is 14.7 Å². The Balaban J connectivity index is 2.01. The van der Waals surface area contributed by atoms with Gasteiger partial charge in [0.05, 0.1) is 12.2 Å². The van der Waals surface area contributed by atoms with Crippen LogP contribution in [-0.2, 0) is 13.6 Å². The van der Waals surface area contributed by atoms with E-state index in [4.69, 9.17) is 4.52 Å². The van der Waals surface area contributed by atoms with Gasteiger partial charge in [-0.2, -0.15) is 0 Å². The van der Waals surface area contributed by atoms with Gasteiger partial charge in [0, 0.05) is 19.3 Å². The number of nitrogens with zero attached hydrogens (tertiary/aromatic N) is 3. The number of rotatable bonds is 3. The largest absolute Gasteiger partial charge is 0.361 e. The Morgan fingerprint density at radius 1 is 1.47 bits per heavy atom. The molecule has 15 heavy (non-hydrogen) atoms. The number of nitrogens with one attached hydrogen (secondary N) is 1. The molecule has 5 nitrogen and oxygen atoms in total. The molecule has 0 saturated carbocycles. The van der Waals surface area contributed by atoms with Crippen LogP contribution in [0.1, 0.15) is 17.1 Å². The highest BCUT2D eigenvalue weighted by atomic mass is 16.5. The fourth-order valence-corrected chi connectivity index (χ4v) is 1.45. The summed E-state index contributed by atoms with van der Waals surface area (Å²) < 4.78 is 6.92. The molecule has 0 fully saturated rings. The zero-order valence-corrected chi connectivity index (χ0v) is 9.11. The normalized spacial score (nSPS) is 10.6. The Kier molecular flexibility index (Phi) is 2.45. The lowest BCUT2D eigenvalue weighted by Crippen LogP contribution is -2.04. The Morgan fingerprint density at radius 3 is 2.80 bits per heavy atom. The summed E-state index contributed by atoms with van der Waals surface area (Å²) >= 11 is 0. The van der Waals surface area contributed by atoms with Crippen LogP contribution < -0.4 is 5.32 Å². The van der Waals surface area contributed by atoms with E-state index in [2.05, 4.69) is 15.5 Å². The zero-order chi connectivity index (χ0) is 10.8. The Morgan fingerprint density at radius 2 is 2.27 bits per heavy atom. The minimum atomic E-state index is 0.627. The zero-order valence-electron chi connectivity index (χ0n) is 9.11. The van der Waals surface area contributed by atoms with E-state index in [9.17, 15) is 0 Å². The first kappa shape index (κ1) is 9.76. The average molecular weight is 206 g/mol. The average Bonchev–Trinajstić information content (AvgIpc) is 2.70. The number of imidazole rings is 1. The second kappa shape index (κ2) is 3.76. The predicted molar refractivity (Wildman–Crippen MR) is 56.5 cm³/mol. The molecule has 0 aliphatic carbocycles. The maximum absolute atomic E-state index is 4.97. The highest BCUT2D eigenvalue weighted by Crippen LogP contribution is 2.08. The monoisotopic (exact) mass is 206 g/mol. The van der Waals surface area contributed by atoms with Crippen molar-refractivity contribution in [1.82, 2.24) is 14.7 Å². The molecule has 80 valence electrons. The van der Waals surface area contributed by atoms with E-state index in [1.54, 1.807) is 0 Å². The molecule has 0 aliphatic heterocycles. The van der Waals surface area contributed by atoms with E-state index < -0.39 is 0 Å². The molecular formula is C10H14N4O. The maximum atomic E-state index is 4.97. The molecule has 2 aromatic heterocycles. The van der Waals surface area contributed by atoms with Gasteiger partial charge in [-0.1, -0.05) is 5.16 Å². The summed E-state index contributed by atoms with van der Waals surface area (Å²) in [6.45, 7) is 4.47. The topological polar surface area (TPSA) is 55.9 Å². The summed E-state index contributed by atoms with van der Waals surface area (Å²) in [6.07, 6.45) is 1.97. The van der Waals surface area contributed by atoms with E-state index >= 15 is 0 Å². The van der Waals surface area contributed by atoms with E-state index in [0.717, 1.165) is 23.1 Å². The van der Waals surface area contributed by atoms with Crippen molar-refractivity contribution < 1.29 is 4.52 Å². The van der Waals surface area contributed by atoms with Crippen molar-refractivity contribution in [2.45, 2.75) is 20.4 Å². The Labute approximate surface area is 88.1 Å². The molecule has 0 saturated heterocycles. The third-order valence-electron chi connectivity index (χ3n) is 2.10. The molecule has 0 spiro atoms. The highest BCUT2D eigenvalue weighted by molar-refractivity contribution is 5.29. The van der Waals surface area contributed by atoms with Crippen LogP contribution in [0, 0.1) is 13.8 Å². The molecule has 5 heteroatoms. The molecule has 0 radical (unpaired) electrons. The first-order valence-electron chi connectivity index (χ1n) is 4.81. The first-order valence-corrected chi connectivity index (χ1v) is 4.81. The molecule has 1 N–H and O–H groups in total. The predicted octanol–water partition coefficient (Wildman–Crippen LogP) is 1.64. The second-order valence-corrected chi connectivity index (χ2v) is 3.60. The summed E-state index contributed by atoms with van der Waals surface area (Å²) in [4.78, 5) is 4.33. The Hall–Kier alpha value is -1.78. The van der Waals surface area contributed by atoms with Crippen LogP contribution in [0.5, 0.6) is 0 Å². The summed E-state index contributed by atoms with van der Waals surface area (Å²) in [5.41, 5.74) is 1.88. The second-order valence-electron chi connectivity index (χ2n) is 3.60. The summed E-state index contributed by atoms with van der Waals surface area (Å²) in [7, 11) is 1.95. The fourth-order valence-electron chi connectivity index (χ4n) is 1.45. The van der Waals surface area contributed by atoms with Gasteiger partial charge in [0.2, 0.25) is 5.95 Å². The van der Waals surface area contributed by atoms with Crippen molar-refractivity contribution in [3.8, 4) is 0 Å². The van der Waals surface area contributed by atoms with Crippen molar-refractivity contribution in [3.05, 3.63) is 29.4 Å². The number of hydrogen-bond donors (Lipinski definition) is 1. The maximum Gasteiger partial charge on any atom is 0.203 e. The van der Waals surface area contributed by atoms with Crippen LogP contribution in [0.15, 0.2) is 16.8 Å². The third-order valence-corrected chi connectivity index (χ3v) is 2.10. The van der Waals surface area contributed by atoms with E-state index in [0.29, 0.717) is 6.54 Å². The smallest absolute Gasteiger partial charge is 0.203 e. The molecule has 0 unspecified atom stereocenters. The van der Waals surface area contributed by atoms with Gasteiger partial charge in [-0.15, -0.1) is 0 Å². The SMILES string of the molecule is Cc1cn(C)c(NCc2cc(C)on2)n1. The van der Waals surface area contributed by atoms with Gasteiger partial charge in [-0.05, 0) is 13.8 Å². The molecular weight excluding hydrogens is 192 g/mol. The molecule has 2 rings (SSSR count). The van der Waals surface area contributed by atoms with E-state index in [1.165, 1.54) is 0 Å². The molecule has 0 atom stereocenters. The van der Waals surface area contributed by atoms with Crippen LogP contribution in [0.3, 0.4) is 0 Å². The van der Waals surface area contributed by atoms with Gasteiger partial charge in [0.25, 0.3) is 0 Å². The van der Waals surface area contributed by atoms with Crippen molar-refractivity contribution in [2.75, 3.05) is 5.32 Å². The number of aromatic nitrogens is 3.